The molecule has 2 N–H and O–H groups in total. The molecule has 33 heavy (non-hydrogen) atoms. The van der Waals surface area contributed by atoms with Crippen molar-refractivity contribution in [3.63, 3.8) is 0 Å². The molecule has 1 heterocycles. The topological polar surface area (TPSA) is 67.2 Å². The Morgan fingerprint density at radius 1 is 0.879 bits per heavy atom. The van der Waals surface area contributed by atoms with Gasteiger partial charge in [-0.2, -0.15) is 0 Å². The van der Waals surface area contributed by atoms with Gasteiger partial charge in [-0.15, -0.1) is 0 Å². The maximum Gasteiger partial charge on any atom is 0.269 e. The van der Waals surface area contributed by atoms with E-state index in [4.69, 9.17) is 10.1 Å². The van der Waals surface area contributed by atoms with Crippen LogP contribution in [0.4, 0.5) is 0 Å². The van der Waals surface area contributed by atoms with Crippen LogP contribution in [0.15, 0.2) is 84.9 Å². The zero-order valence-corrected chi connectivity index (χ0v) is 19.5. The van der Waals surface area contributed by atoms with Gasteiger partial charge < -0.3 is 15.0 Å². The van der Waals surface area contributed by atoms with Crippen LogP contribution >= 0.6 is 0 Å². The fourth-order valence-corrected chi connectivity index (χ4v) is 3.66. The molecule has 0 fully saturated rings. The SMILES string of the molecule is CCCc1ccc(-c2nc(-c3ccccc3)n(CC)c2C(=O)NC)cc1.Oc1ccccc1. The van der Waals surface area contributed by atoms with Gasteiger partial charge in [0.2, 0.25) is 0 Å². The number of nitrogens with one attached hydrogen (secondary N) is 1. The fourth-order valence-electron chi connectivity index (χ4n) is 3.66. The second-order valence-electron chi connectivity index (χ2n) is 7.60. The first-order valence-corrected chi connectivity index (χ1v) is 11.3. The summed E-state index contributed by atoms with van der Waals surface area (Å²) in [6.07, 6.45) is 2.17. The number of carbonyl (C=O) groups excluding carboxylic acids is 1. The zero-order chi connectivity index (χ0) is 23.6. The average Bonchev–Trinajstić information content (AvgIpc) is 3.25. The van der Waals surface area contributed by atoms with Crippen LogP contribution in [0, 0.1) is 0 Å². The van der Waals surface area contributed by atoms with Crippen LogP contribution in [-0.2, 0) is 13.0 Å². The number of imidazole rings is 1. The van der Waals surface area contributed by atoms with Crippen LogP contribution in [0.2, 0.25) is 0 Å². The molecule has 5 nitrogen and oxygen atoms in total. The number of para-hydroxylation sites is 1. The van der Waals surface area contributed by atoms with Crippen molar-refractivity contribution in [1.82, 2.24) is 14.9 Å². The van der Waals surface area contributed by atoms with Crippen LogP contribution in [0.3, 0.4) is 0 Å². The van der Waals surface area contributed by atoms with Crippen molar-refractivity contribution in [3.05, 3.63) is 96.2 Å². The first-order valence-electron chi connectivity index (χ1n) is 11.3. The summed E-state index contributed by atoms with van der Waals surface area (Å²) in [6, 6.07) is 27.1. The minimum Gasteiger partial charge on any atom is -0.508 e. The van der Waals surface area contributed by atoms with E-state index < -0.39 is 0 Å². The van der Waals surface area contributed by atoms with E-state index in [9.17, 15) is 4.79 Å². The standard InChI is InChI=1S/C22H25N3O.C6H6O/c1-4-9-16-12-14-17(15-13-16)19-20(22(26)23-3)25(5-2)21(24-19)18-10-7-6-8-11-18;7-6-4-2-1-3-5-6/h6-8,10-15H,4-5,9H2,1-3H3,(H,23,26);1-5,7H. The predicted octanol–water partition coefficient (Wildman–Crippen LogP) is 5.94. The van der Waals surface area contributed by atoms with Crippen molar-refractivity contribution in [2.45, 2.75) is 33.2 Å². The molecule has 0 aliphatic heterocycles. The van der Waals surface area contributed by atoms with E-state index in [1.807, 2.05) is 47.9 Å². The summed E-state index contributed by atoms with van der Waals surface area (Å²) in [5.41, 5.74) is 4.61. The summed E-state index contributed by atoms with van der Waals surface area (Å²) in [7, 11) is 1.66. The summed E-state index contributed by atoms with van der Waals surface area (Å²) < 4.78 is 1.99. The number of carbonyl (C=O) groups is 1. The molecule has 0 unspecified atom stereocenters. The van der Waals surface area contributed by atoms with Crippen LogP contribution in [0.5, 0.6) is 5.75 Å². The lowest BCUT2D eigenvalue weighted by Crippen LogP contribution is -2.22. The van der Waals surface area contributed by atoms with Crippen molar-refractivity contribution >= 4 is 5.91 Å². The molecule has 0 saturated carbocycles. The number of nitrogens with zero attached hydrogens (tertiary/aromatic N) is 2. The summed E-state index contributed by atoms with van der Waals surface area (Å²) in [5.74, 6) is 1.02. The third-order valence-corrected chi connectivity index (χ3v) is 5.28. The van der Waals surface area contributed by atoms with E-state index in [0.29, 0.717) is 18.0 Å². The van der Waals surface area contributed by atoms with Gasteiger partial charge in [0.15, 0.2) is 0 Å². The molecule has 4 aromatic rings. The van der Waals surface area contributed by atoms with E-state index in [0.717, 1.165) is 35.5 Å². The van der Waals surface area contributed by atoms with Crippen LogP contribution < -0.4 is 5.32 Å². The van der Waals surface area contributed by atoms with Gasteiger partial charge in [0, 0.05) is 24.7 Å². The van der Waals surface area contributed by atoms with E-state index >= 15 is 0 Å². The highest BCUT2D eigenvalue weighted by Crippen LogP contribution is 2.30. The molecular weight excluding hydrogens is 410 g/mol. The Hall–Kier alpha value is -3.86. The first kappa shape index (κ1) is 23.8. The highest BCUT2D eigenvalue weighted by Gasteiger charge is 2.23. The van der Waals surface area contributed by atoms with Crippen LogP contribution in [0.25, 0.3) is 22.6 Å². The number of hydrogen-bond acceptors (Lipinski definition) is 3. The van der Waals surface area contributed by atoms with Gasteiger partial charge in [-0.1, -0.05) is 86.1 Å². The molecule has 0 saturated heterocycles. The van der Waals surface area contributed by atoms with E-state index in [1.165, 1.54) is 5.56 Å². The van der Waals surface area contributed by atoms with Crippen LogP contribution in [-0.4, -0.2) is 27.6 Å². The first-order chi connectivity index (χ1) is 16.1. The molecule has 0 aliphatic rings. The third-order valence-electron chi connectivity index (χ3n) is 5.28. The lowest BCUT2D eigenvalue weighted by molar-refractivity contribution is 0.0955. The monoisotopic (exact) mass is 441 g/mol. The lowest BCUT2D eigenvalue weighted by Gasteiger charge is -2.09. The summed E-state index contributed by atoms with van der Waals surface area (Å²) in [4.78, 5) is 17.5. The number of aromatic nitrogens is 2. The van der Waals surface area contributed by atoms with E-state index in [-0.39, 0.29) is 5.91 Å². The molecule has 170 valence electrons. The highest BCUT2D eigenvalue weighted by molar-refractivity contribution is 5.99. The molecule has 3 aromatic carbocycles. The van der Waals surface area contributed by atoms with Gasteiger partial charge in [0.25, 0.3) is 5.91 Å². The maximum atomic E-state index is 12.6. The number of amides is 1. The smallest absolute Gasteiger partial charge is 0.269 e. The predicted molar refractivity (Wildman–Crippen MR) is 134 cm³/mol. The summed E-state index contributed by atoms with van der Waals surface area (Å²) in [5, 5.41) is 11.4. The Labute approximate surface area is 195 Å². The fraction of sp³-hybridized carbons (Fsp3) is 0.214. The van der Waals surface area contributed by atoms with Gasteiger partial charge in [-0.3, -0.25) is 4.79 Å². The number of benzene rings is 3. The molecule has 0 spiro atoms. The molecule has 0 aliphatic carbocycles. The average molecular weight is 442 g/mol. The Morgan fingerprint density at radius 3 is 1.97 bits per heavy atom. The van der Waals surface area contributed by atoms with Gasteiger partial charge in [-0.05, 0) is 31.0 Å². The minimum absolute atomic E-state index is 0.117. The Balaban J connectivity index is 0.000000374. The Morgan fingerprint density at radius 2 is 1.48 bits per heavy atom. The van der Waals surface area contributed by atoms with Gasteiger partial charge in [0.05, 0.1) is 0 Å². The molecule has 1 aromatic heterocycles. The van der Waals surface area contributed by atoms with Crippen molar-refractivity contribution < 1.29 is 9.90 Å². The normalized spacial score (nSPS) is 10.3. The molecule has 0 bridgehead atoms. The molecule has 0 radical (unpaired) electrons. The number of rotatable bonds is 6. The quantitative estimate of drug-likeness (QED) is 0.389. The summed E-state index contributed by atoms with van der Waals surface area (Å²) in [6.45, 7) is 4.88. The largest absolute Gasteiger partial charge is 0.508 e. The van der Waals surface area contributed by atoms with Crippen molar-refractivity contribution in [2.24, 2.45) is 0 Å². The number of phenolic OH excluding ortho intramolecular Hbond substituents is 1. The summed E-state index contributed by atoms with van der Waals surface area (Å²) >= 11 is 0. The number of aryl methyl sites for hydroxylation is 1. The minimum atomic E-state index is -0.117. The second kappa shape index (κ2) is 11.7. The second-order valence-corrected chi connectivity index (χ2v) is 7.60. The van der Waals surface area contributed by atoms with Gasteiger partial charge in [0.1, 0.15) is 23.0 Å². The molecular formula is C28H31N3O2. The molecule has 1 amide bonds. The maximum absolute atomic E-state index is 12.6. The Kier molecular flexibility index (Phi) is 8.42. The van der Waals surface area contributed by atoms with E-state index in [1.54, 1.807) is 31.3 Å². The van der Waals surface area contributed by atoms with Gasteiger partial charge >= 0.3 is 0 Å². The Bertz CT molecular complexity index is 1150. The molecule has 4 rings (SSSR count). The lowest BCUT2D eigenvalue weighted by atomic mass is 10.0. The number of phenols is 1. The molecule has 0 atom stereocenters. The molecule has 5 heteroatoms. The third kappa shape index (κ3) is 5.89. The van der Waals surface area contributed by atoms with E-state index in [2.05, 4.69) is 36.5 Å². The van der Waals surface area contributed by atoms with Crippen LogP contribution in [0.1, 0.15) is 36.3 Å². The van der Waals surface area contributed by atoms with Crippen molar-refractivity contribution in [3.8, 4) is 28.4 Å². The number of aromatic hydroxyl groups is 1. The van der Waals surface area contributed by atoms with Gasteiger partial charge in [-0.25, -0.2) is 4.98 Å². The van der Waals surface area contributed by atoms with Crippen molar-refractivity contribution in [2.75, 3.05) is 7.05 Å². The zero-order valence-electron chi connectivity index (χ0n) is 19.5. The van der Waals surface area contributed by atoms with Crippen molar-refractivity contribution in [1.29, 1.82) is 0 Å². The highest BCUT2D eigenvalue weighted by atomic mass is 16.3. The number of hydrogen-bond donors (Lipinski definition) is 2.